The number of halogens is 3. The number of piperidine rings is 2. The van der Waals surface area contributed by atoms with Gasteiger partial charge in [-0.1, -0.05) is 24.4 Å². The Bertz CT molecular complexity index is 1100. The van der Waals surface area contributed by atoms with Crippen molar-refractivity contribution in [3.63, 3.8) is 0 Å². The van der Waals surface area contributed by atoms with Crippen LogP contribution in [0, 0.1) is 22.0 Å². The van der Waals surface area contributed by atoms with Gasteiger partial charge in [0.15, 0.2) is 0 Å². The van der Waals surface area contributed by atoms with Gasteiger partial charge in [-0.25, -0.2) is 13.8 Å². The molecule has 4 rings (SSSR count). The number of pyridine rings is 1. The summed E-state index contributed by atoms with van der Waals surface area (Å²) in [5, 5.41) is 17.5. The van der Waals surface area contributed by atoms with Crippen LogP contribution in [0.1, 0.15) is 48.9 Å². The minimum atomic E-state index is -2.59. The molecule has 2 N–H and O–H groups in total. The summed E-state index contributed by atoms with van der Waals surface area (Å²) in [4.78, 5) is 29.9. The zero-order valence-corrected chi connectivity index (χ0v) is 20.6. The molecule has 2 aliphatic heterocycles. The van der Waals surface area contributed by atoms with Crippen LogP contribution >= 0.6 is 11.6 Å². The third kappa shape index (κ3) is 6.47. The number of nitrogens with zero attached hydrogens (tertiary/aromatic N) is 3. The standard InChI is InChI=1S/C25H30ClF2N5O3/c26-23-14-19(6-10-30-23)31-24(34)21-5-4-20(33(35)36)15-22(21)32-12-7-17(8-13-32)2-1-3-18-16-29-11-9-25(18,27)28/h4-6,10,14-15,17-18,29H,1-3,7-9,11-13,16H2,(H,30,31,34). The number of nitrogens with one attached hydrogen (secondary N) is 2. The molecule has 1 aromatic heterocycles. The van der Waals surface area contributed by atoms with Crippen LogP contribution in [0.25, 0.3) is 0 Å². The van der Waals surface area contributed by atoms with Crippen molar-refractivity contribution in [3.8, 4) is 0 Å². The summed E-state index contributed by atoms with van der Waals surface area (Å²) in [5.41, 5.74) is 1.23. The minimum Gasteiger partial charge on any atom is -0.371 e. The van der Waals surface area contributed by atoms with E-state index in [9.17, 15) is 23.7 Å². The number of nitro groups is 1. The molecule has 0 saturated carbocycles. The second-order valence-electron chi connectivity index (χ2n) is 9.55. The average molecular weight is 522 g/mol. The van der Waals surface area contributed by atoms with E-state index in [-0.39, 0.29) is 17.3 Å². The van der Waals surface area contributed by atoms with Gasteiger partial charge in [-0.2, -0.15) is 0 Å². The number of nitro benzene ring substituents is 1. The Kier molecular flexibility index (Phi) is 8.35. The van der Waals surface area contributed by atoms with Gasteiger partial charge in [0.05, 0.1) is 16.2 Å². The predicted molar refractivity (Wildman–Crippen MR) is 135 cm³/mol. The molecule has 2 aliphatic rings. The highest BCUT2D eigenvalue weighted by Gasteiger charge is 2.40. The molecule has 11 heteroatoms. The second-order valence-corrected chi connectivity index (χ2v) is 9.94. The molecule has 3 heterocycles. The normalized spacial score (nSPS) is 20.2. The second kappa shape index (κ2) is 11.5. The number of rotatable bonds is 8. The van der Waals surface area contributed by atoms with Gasteiger partial charge in [0.25, 0.3) is 17.5 Å². The first-order valence-corrected chi connectivity index (χ1v) is 12.7. The first kappa shape index (κ1) is 26.2. The molecule has 1 aromatic carbocycles. The molecule has 8 nitrogen and oxygen atoms in total. The molecule has 2 aromatic rings. The number of amides is 1. The van der Waals surface area contributed by atoms with Crippen molar-refractivity contribution in [2.75, 3.05) is 36.4 Å². The first-order valence-electron chi connectivity index (χ1n) is 12.3. The van der Waals surface area contributed by atoms with Gasteiger partial charge < -0.3 is 15.5 Å². The van der Waals surface area contributed by atoms with Gasteiger partial charge >= 0.3 is 0 Å². The molecule has 36 heavy (non-hydrogen) atoms. The maximum atomic E-state index is 14.1. The van der Waals surface area contributed by atoms with E-state index in [1.807, 2.05) is 4.90 Å². The number of hydrogen-bond donors (Lipinski definition) is 2. The summed E-state index contributed by atoms with van der Waals surface area (Å²) < 4.78 is 28.2. The van der Waals surface area contributed by atoms with Crippen LogP contribution in [0.5, 0.6) is 0 Å². The smallest absolute Gasteiger partial charge is 0.271 e. The highest BCUT2D eigenvalue weighted by molar-refractivity contribution is 6.29. The van der Waals surface area contributed by atoms with Gasteiger partial charge in [0.2, 0.25) is 0 Å². The monoisotopic (exact) mass is 521 g/mol. The fraction of sp³-hybridized carbons (Fsp3) is 0.520. The van der Waals surface area contributed by atoms with Crippen LogP contribution in [0.4, 0.5) is 25.8 Å². The number of anilines is 2. The Morgan fingerprint density at radius 3 is 2.72 bits per heavy atom. The van der Waals surface area contributed by atoms with Crippen LogP contribution in [0.15, 0.2) is 36.5 Å². The van der Waals surface area contributed by atoms with E-state index in [0.29, 0.717) is 55.5 Å². The number of benzene rings is 1. The van der Waals surface area contributed by atoms with Gasteiger partial charge in [0.1, 0.15) is 5.15 Å². The quantitative estimate of drug-likeness (QED) is 0.269. The molecule has 1 atom stereocenters. The van der Waals surface area contributed by atoms with Gasteiger partial charge in [-0.3, -0.25) is 14.9 Å². The maximum absolute atomic E-state index is 14.1. The summed E-state index contributed by atoms with van der Waals surface area (Å²) in [5.74, 6) is -3.19. The van der Waals surface area contributed by atoms with Crippen LogP contribution in [0.3, 0.4) is 0 Å². The van der Waals surface area contributed by atoms with E-state index in [4.69, 9.17) is 11.6 Å². The molecule has 0 radical (unpaired) electrons. The molecular formula is C25H30ClF2N5O3. The van der Waals surface area contributed by atoms with Gasteiger partial charge in [-0.15, -0.1) is 0 Å². The number of carbonyl (C=O) groups is 1. The van der Waals surface area contributed by atoms with E-state index in [2.05, 4.69) is 15.6 Å². The van der Waals surface area contributed by atoms with Crippen molar-refractivity contribution >= 4 is 34.6 Å². The molecule has 1 unspecified atom stereocenters. The Balaban J connectivity index is 1.38. The molecule has 2 fully saturated rings. The number of aromatic nitrogens is 1. The number of non-ortho nitro benzene ring substituents is 1. The summed E-state index contributed by atoms with van der Waals surface area (Å²) in [6.07, 6.45) is 5.20. The molecule has 1 amide bonds. The third-order valence-electron chi connectivity index (χ3n) is 7.16. The molecule has 194 valence electrons. The Morgan fingerprint density at radius 2 is 2.03 bits per heavy atom. The van der Waals surface area contributed by atoms with Crippen molar-refractivity contribution < 1.29 is 18.5 Å². The highest BCUT2D eigenvalue weighted by Crippen LogP contribution is 2.36. The van der Waals surface area contributed by atoms with Crippen LogP contribution in [0.2, 0.25) is 5.15 Å². The van der Waals surface area contributed by atoms with Crippen LogP contribution < -0.4 is 15.5 Å². The van der Waals surface area contributed by atoms with Crippen molar-refractivity contribution in [1.82, 2.24) is 10.3 Å². The van der Waals surface area contributed by atoms with E-state index in [1.165, 1.54) is 30.5 Å². The Hall–Kier alpha value is -2.85. The molecule has 0 bridgehead atoms. The van der Waals surface area contributed by atoms with Crippen LogP contribution in [-0.4, -0.2) is 47.9 Å². The summed E-state index contributed by atoms with van der Waals surface area (Å²) in [7, 11) is 0. The Morgan fingerprint density at radius 1 is 1.25 bits per heavy atom. The number of hydrogen-bond acceptors (Lipinski definition) is 6. The SMILES string of the molecule is O=C(Nc1ccnc(Cl)c1)c1ccc([N+](=O)[O-])cc1N1CCC(CCCC2CNCCC2(F)F)CC1. The Labute approximate surface area is 213 Å². The summed E-state index contributed by atoms with van der Waals surface area (Å²) in [6, 6.07) is 7.36. The molecule has 0 spiro atoms. The van der Waals surface area contributed by atoms with E-state index >= 15 is 0 Å². The zero-order valence-electron chi connectivity index (χ0n) is 19.9. The van der Waals surface area contributed by atoms with E-state index < -0.39 is 22.7 Å². The van der Waals surface area contributed by atoms with E-state index in [1.54, 1.807) is 6.07 Å². The van der Waals surface area contributed by atoms with Crippen molar-refractivity contribution in [2.45, 2.75) is 44.4 Å². The molecule has 2 saturated heterocycles. The molecular weight excluding hydrogens is 492 g/mol. The fourth-order valence-corrected chi connectivity index (χ4v) is 5.25. The maximum Gasteiger partial charge on any atom is 0.271 e. The van der Waals surface area contributed by atoms with Crippen LogP contribution in [-0.2, 0) is 0 Å². The van der Waals surface area contributed by atoms with Gasteiger partial charge in [0, 0.05) is 62.5 Å². The number of alkyl halides is 2. The van der Waals surface area contributed by atoms with Crippen molar-refractivity contribution in [2.24, 2.45) is 11.8 Å². The summed E-state index contributed by atoms with van der Waals surface area (Å²) in [6.45, 7) is 2.01. The number of carbonyl (C=O) groups excluding carboxylic acids is 1. The highest BCUT2D eigenvalue weighted by atomic mass is 35.5. The largest absolute Gasteiger partial charge is 0.371 e. The molecule has 0 aliphatic carbocycles. The fourth-order valence-electron chi connectivity index (χ4n) is 5.08. The lowest BCUT2D eigenvalue weighted by atomic mass is 9.86. The van der Waals surface area contributed by atoms with Crippen molar-refractivity contribution in [3.05, 3.63) is 57.4 Å². The van der Waals surface area contributed by atoms with E-state index in [0.717, 1.165) is 25.7 Å². The lowest BCUT2D eigenvalue weighted by Gasteiger charge is -2.35. The summed E-state index contributed by atoms with van der Waals surface area (Å²) >= 11 is 5.90. The lowest BCUT2D eigenvalue weighted by Crippen LogP contribution is -2.44. The average Bonchev–Trinajstić information content (AvgIpc) is 2.85. The topological polar surface area (TPSA) is 100 Å². The van der Waals surface area contributed by atoms with Crippen molar-refractivity contribution in [1.29, 1.82) is 0 Å². The predicted octanol–water partition coefficient (Wildman–Crippen LogP) is 5.53. The zero-order chi connectivity index (χ0) is 25.7. The third-order valence-corrected chi connectivity index (χ3v) is 7.37. The lowest BCUT2D eigenvalue weighted by molar-refractivity contribution is -0.384. The first-order chi connectivity index (χ1) is 17.2. The van der Waals surface area contributed by atoms with Gasteiger partial charge in [-0.05, 0) is 43.4 Å². The minimum absolute atomic E-state index is 0.0855.